The van der Waals surface area contributed by atoms with Crippen molar-refractivity contribution in [3.8, 4) is 0 Å². The second-order valence-electron chi connectivity index (χ2n) is 4.90. The molecule has 10 heteroatoms. The van der Waals surface area contributed by atoms with Gasteiger partial charge in [-0.2, -0.15) is 0 Å². The summed E-state index contributed by atoms with van der Waals surface area (Å²) >= 11 is 9.19. The molecule has 138 valence electrons. The van der Waals surface area contributed by atoms with Gasteiger partial charge in [-0.05, 0) is 46.3 Å². The third kappa shape index (κ3) is 4.17. The number of rotatable bonds is 5. The lowest BCUT2D eigenvalue weighted by Gasteiger charge is -2.12. The van der Waals surface area contributed by atoms with E-state index in [-0.39, 0.29) is 26.7 Å². The Morgan fingerprint density at radius 1 is 1.04 bits per heavy atom. The fourth-order valence-electron chi connectivity index (χ4n) is 2.08. The molecule has 26 heavy (non-hydrogen) atoms. The van der Waals surface area contributed by atoms with Crippen molar-refractivity contribution >= 4 is 55.2 Å². The van der Waals surface area contributed by atoms with Crippen molar-refractivity contribution in [1.29, 1.82) is 0 Å². The van der Waals surface area contributed by atoms with Gasteiger partial charge in [0.25, 0.3) is 10.0 Å². The first-order chi connectivity index (χ1) is 12.2. The summed E-state index contributed by atoms with van der Waals surface area (Å²) in [6.45, 7) is 0. The van der Waals surface area contributed by atoms with Crippen LogP contribution in [0.25, 0.3) is 0 Å². The van der Waals surface area contributed by atoms with Gasteiger partial charge in [-0.1, -0.05) is 17.7 Å². The SMILES string of the molecule is COC(=O)c1ccc(NS(=O)(=O)c2cccc(Br)c2Cl)cc1C(=O)OC. The Balaban J connectivity index is 2.48. The zero-order valence-electron chi connectivity index (χ0n) is 13.6. The number of ether oxygens (including phenoxy) is 2. The highest BCUT2D eigenvalue weighted by Crippen LogP contribution is 2.30. The van der Waals surface area contributed by atoms with Crippen LogP contribution in [0.4, 0.5) is 5.69 Å². The Labute approximate surface area is 163 Å². The molecule has 0 aliphatic carbocycles. The van der Waals surface area contributed by atoms with Gasteiger partial charge < -0.3 is 9.47 Å². The van der Waals surface area contributed by atoms with Crippen LogP contribution in [0.1, 0.15) is 20.7 Å². The molecular formula is C16H13BrClNO6S. The maximum Gasteiger partial charge on any atom is 0.338 e. The Morgan fingerprint density at radius 2 is 1.65 bits per heavy atom. The van der Waals surface area contributed by atoms with Crippen molar-refractivity contribution in [2.75, 3.05) is 18.9 Å². The molecule has 7 nitrogen and oxygen atoms in total. The van der Waals surface area contributed by atoms with E-state index < -0.39 is 22.0 Å². The number of methoxy groups -OCH3 is 2. The number of carbonyl (C=O) groups excluding carboxylic acids is 2. The van der Waals surface area contributed by atoms with Crippen molar-refractivity contribution in [3.63, 3.8) is 0 Å². The van der Waals surface area contributed by atoms with E-state index >= 15 is 0 Å². The molecule has 0 heterocycles. The van der Waals surface area contributed by atoms with Crippen LogP contribution in [-0.2, 0) is 19.5 Å². The molecule has 0 saturated heterocycles. The second kappa shape index (κ2) is 8.07. The van der Waals surface area contributed by atoms with Gasteiger partial charge in [0, 0.05) is 10.2 Å². The van der Waals surface area contributed by atoms with E-state index in [1.807, 2.05) is 0 Å². The summed E-state index contributed by atoms with van der Waals surface area (Å²) in [5.41, 5.74) is -0.142. The molecule has 0 saturated carbocycles. The van der Waals surface area contributed by atoms with Gasteiger partial charge in [-0.3, -0.25) is 4.72 Å². The molecule has 0 amide bonds. The van der Waals surface area contributed by atoms with Crippen molar-refractivity contribution in [2.45, 2.75) is 4.90 Å². The molecule has 0 aliphatic heterocycles. The normalized spacial score (nSPS) is 10.9. The summed E-state index contributed by atoms with van der Waals surface area (Å²) in [7, 11) is -1.73. The van der Waals surface area contributed by atoms with Crippen LogP contribution in [0, 0.1) is 0 Å². The molecule has 0 aliphatic rings. The fraction of sp³-hybridized carbons (Fsp3) is 0.125. The number of nitrogens with one attached hydrogen (secondary N) is 1. The summed E-state index contributed by atoms with van der Waals surface area (Å²) in [5, 5.41) is 0.0133. The highest BCUT2D eigenvalue weighted by molar-refractivity contribution is 9.10. The van der Waals surface area contributed by atoms with E-state index in [2.05, 4.69) is 30.1 Å². The first-order valence-electron chi connectivity index (χ1n) is 6.98. The standard InChI is InChI=1S/C16H13BrClNO6S/c1-24-15(20)10-7-6-9(8-11(10)16(21)25-2)19-26(22,23)13-5-3-4-12(17)14(13)18/h3-8,19H,1-2H3. The Bertz CT molecular complexity index is 977. The van der Waals surface area contributed by atoms with Crippen molar-refractivity contribution in [3.05, 3.63) is 57.0 Å². The van der Waals surface area contributed by atoms with E-state index in [0.717, 1.165) is 14.2 Å². The van der Waals surface area contributed by atoms with Crippen LogP contribution in [0.15, 0.2) is 45.8 Å². The minimum Gasteiger partial charge on any atom is -0.465 e. The van der Waals surface area contributed by atoms with Crippen LogP contribution in [0.2, 0.25) is 5.02 Å². The van der Waals surface area contributed by atoms with Gasteiger partial charge in [-0.25, -0.2) is 18.0 Å². The Kier molecular flexibility index (Phi) is 6.27. The maximum absolute atomic E-state index is 12.6. The molecule has 0 unspecified atom stereocenters. The van der Waals surface area contributed by atoms with E-state index in [1.165, 1.54) is 30.3 Å². The predicted octanol–water partition coefficient (Wildman–Crippen LogP) is 3.48. The summed E-state index contributed by atoms with van der Waals surface area (Å²) in [6.07, 6.45) is 0. The van der Waals surface area contributed by atoms with Crippen LogP contribution in [-0.4, -0.2) is 34.6 Å². The summed E-state index contributed by atoms with van der Waals surface area (Å²) < 4.78 is 37.1. The van der Waals surface area contributed by atoms with E-state index in [9.17, 15) is 18.0 Å². The zero-order chi connectivity index (χ0) is 19.5. The van der Waals surface area contributed by atoms with Crippen molar-refractivity contribution in [1.82, 2.24) is 0 Å². The second-order valence-corrected chi connectivity index (χ2v) is 7.78. The molecule has 0 aromatic heterocycles. The largest absolute Gasteiger partial charge is 0.465 e. The lowest BCUT2D eigenvalue weighted by molar-refractivity contribution is 0.0555. The zero-order valence-corrected chi connectivity index (χ0v) is 16.7. The number of anilines is 1. The Hall–Kier alpha value is -2.10. The minimum absolute atomic E-state index is 0.0133. The third-order valence-corrected chi connectivity index (χ3v) is 6.12. The number of esters is 2. The number of carbonyl (C=O) groups is 2. The smallest absolute Gasteiger partial charge is 0.338 e. The molecule has 2 aromatic carbocycles. The van der Waals surface area contributed by atoms with Crippen molar-refractivity contribution < 1.29 is 27.5 Å². The van der Waals surface area contributed by atoms with Gasteiger partial charge in [0.15, 0.2) is 0 Å². The highest BCUT2D eigenvalue weighted by Gasteiger charge is 2.23. The fourth-order valence-corrected chi connectivity index (χ4v) is 4.16. The first kappa shape index (κ1) is 20.2. The lowest BCUT2D eigenvalue weighted by Crippen LogP contribution is -2.16. The average molecular weight is 463 g/mol. The number of benzene rings is 2. The molecule has 2 aromatic rings. The summed E-state index contributed by atoms with van der Waals surface area (Å²) in [5.74, 6) is -1.57. The monoisotopic (exact) mass is 461 g/mol. The molecule has 0 atom stereocenters. The predicted molar refractivity (Wildman–Crippen MR) is 99.1 cm³/mol. The third-order valence-electron chi connectivity index (χ3n) is 3.29. The lowest BCUT2D eigenvalue weighted by atomic mass is 10.1. The van der Waals surface area contributed by atoms with Gasteiger partial charge in [-0.15, -0.1) is 0 Å². The number of hydrogen-bond acceptors (Lipinski definition) is 6. The summed E-state index contributed by atoms with van der Waals surface area (Å²) in [4.78, 5) is 23.5. The number of hydrogen-bond donors (Lipinski definition) is 1. The van der Waals surface area contributed by atoms with Crippen LogP contribution in [0.3, 0.4) is 0 Å². The molecule has 2 rings (SSSR count). The molecule has 0 spiro atoms. The minimum atomic E-state index is -4.03. The van der Waals surface area contributed by atoms with Crippen molar-refractivity contribution in [2.24, 2.45) is 0 Å². The molecule has 0 radical (unpaired) electrons. The first-order valence-corrected chi connectivity index (χ1v) is 9.64. The quantitative estimate of drug-likeness (QED) is 0.683. The molecule has 1 N–H and O–H groups in total. The Morgan fingerprint density at radius 3 is 2.27 bits per heavy atom. The summed E-state index contributed by atoms with van der Waals surface area (Å²) in [6, 6.07) is 8.22. The van der Waals surface area contributed by atoms with Crippen LogP contribution >= 0.6 is 27.5 Å². The van der Waals surface area contributed by atoms with E-state index in [4.69, 9.17) is 11.6 Å². The molecule has 0 fully saturated rings. The number of sulfonamides is 1. The van der Waals surface area contributed by atoms with Crippen LogP contribution in [0.5, 0.6) is 0 Å². The maximum atomic E-state index is 12.6. The van der Waals surface area contributed by atoms with Gasteiger partial charge in [0.2, 0.25) is 0 Å². The van der Waals surface area contributed by atoms with Gasteiger partial charge >= 0.3 is 11.9 Å². The van der Waals surface area contributed by atoms with E-state index in [1.54, 1.807) is 6.07 Å². The number of halogens is 2. The average Bonchev–Trinajstić information content (AvgIpc) is 2.62. The molecule has 0 bridgehead atoms. The van der Waals surface area contributed by atoms with Gasteiger partial charge in [0.1, 0.15) is 4.90 Å². The van der Waals surface area contributed by atoms with E-state index in [0.29, 0.717) is 4.47 Å². The molecular weight excluding hydrogens is 450 g/mol. The van der Waals surface area contributed by atoms with Gasteiger partial charge in [0.05, 0.1) is 30.4 Å². The topological polar surface area (TPSA) is 98.8 Å². The highest BCUT2D eigenvalue weighted by atomic mass is 79.9. The van der Waals surface area contributed by atoms with Crippen LogP contribution < -0.4 is 4.72 Å².